The number of amides is 3. The van der Waals surface area contributed by atoms with Gasteiger partial charge in [0.15, 0.2) is 0 Å². The van der Waals surface area contributed by atoms with Crippen LogP contribution in [0.2, 0.25) is 5.02 Å². The molecule has 0 bridgehead atoms. The van der Waals surface area contributed by atoms with Gasteiger partial charge in [-0.1, -0.05) is 22.7 Å². The topological polar surface area (TPSA) is 68.3 Å². The van der Waals surface area contributed by atoms with Crippen LogP contribution in [0.1, 0.15) is 23.0 Å². The third kappa shape index (κ3) is 3.49. The van der Waals surface area contributed by atoms with Crippen molar-refractivity contribution in [3.8, 4) is 0 Å². The Kier molecular flexibility index (Phi) is 5.64. The number of imidazole rings is 1. The molecule has 2 fully saturated rings. The minimum absolute atomic E-state index is 0.238. The van der Waals surface area contributed by atoms with Crippen LogP contribution in [0.5, 0.6) is 0 Å². The number of hydrogen-bond acceptors (Lipinski definition) is 5. The minimum atomic E-state index is -0.577. The molecule has 0 spiro atoms. The van der Waals surface area contributed by atoms with E-state index in [0.717, 1.165) is 61.6 Å². The Hall–Kier alpha value is -2.91. The summed E-state index contributed by atoms with van der Waals surface area (Å²) in [6.45, 7) is 11.7. The summed E-state index contributed by atoms with van der Waals surface area (Å²) in [4.78, 5) is 37.6. The smallest absolute Gasteiger partial charge is 0.369 e. The molecule has 3 amide bonds. The molecule has 3 aliphatic heterocycles. The number of rotatable bonds is 4. The normalized spacial score (nSPS) is 20.7. The molecule has 4 heterocycles. The average Bonchev–Trinajstić information content (AvgIpc) is 3.32. The van der Waals surface area contributed by atoms with Gasteiger partial charge < -0.3 is 4.90 Å². The Bertz CT molecular complexity index is 1210. The van der Waals surface area contributed by atoms with Gasteiger partial charge in [-0.2, -0.15) is 0 Å². The quantitative estimate of drug-likeness (QED) is 0.624. The maximum Gasteiger partial charge on any atom is 0.402 e. The second kappa shape index (κ2) is 8.39. The molecule has 0 aliphatic carbocycles. The summed E-state index contributed by atoms with van der Waals surface area (Å²) in [5.74, 6) is 1.01. The highest BCUT2D eigenvalue weighted by Crippen LogP contribution is 2.34. The zero-order valence-electron chi connectivity index (χ0n) is 20.4. The molecule has 2 aromatic rings. The van der Waals surface area contributed by atoms with Gasteiger partial charge in [0.25, 0.3) is 5.91 Å². The van der Waals surface area contributed by atoms with Gasteiger partial charge in [-0.3, -0.25) is 19.5 Å². The Balaban J connectivity index is 1.31. The number of imide groups is 1. The fourth-order valence-corrected chi connectivity index (χ4v) is 5.39. The van der Waals surface area contributed by atoms with Crippen LogP contribution in [0.4, 0.5) is 16.4 Å². The molecule has 1 atom stereocenters. The first-order valence-corrected chi connectivity index (χ1v) is 12.1. The van der Waals surface area contributed by atoms with Crippen molar-refractivity contribution in [2.24, 2.45) is 4.99 Å². The standard InChI is InChI=1S/C24H31ClN7O2/c1-15-6-7-18(25)14-19(15)30-11-8-29(9-12-30)10-13-31-16(2)17(3)32-20-21(26-23(31)32)27(4)24(34)28(5)22(20)33/h6-7,14,20H,8-13H2,1-5H3/q+1. The van der Waals surface area contributed by atoms with Crippen LogP contribution in [-0.2, 0) is 11.3 Å². The number of carbonyl (C=O) groups excluding carboxylic acids is 2. The van der Waals surface area contributed by atoms with E-state index >= 15 is 0 Å². The minimum Gasteiger partial charge on any atom is -0.369 e. The van der Waals surface area contributed by atoms with Crippen molar-refractivity contribution < 1.29 is 14.2 Å². The van der Waals surface area contributed by atoms with Gasteiger partial charge in [0, 0.05) is 57.5 Å². The molecule has 2 saturated heterocycles. The Morgan fingerprint density at radius 1 is 1.06 bits per heavy atom. The van der Waals surface area contributed by atoms with E-state index in [1.54, 1.807) is 7.05 Å². The Labute approximate surface area is 204 Å². The number of nitrogens with zero attached hydrogens (tertiary/aromatic N) is 7. The summed E-state index contributed by atoms with van der Waals surface area (Å²) >= 11 is 6.23. The second-order valence-corrected chi connectivity index (χ2v) is 9.80. The van der Waals surface area contributed by atoms with Gasteiger partial charge in [-0.05, 0) is 38.5 Å². The van der Waals surface area contributed by atoms with Crippen molar-refractivity contribution in [2.75, 3.05) is 51.7 Å². The van der Waals surface area contributed by atoms with Gasteiger partial charge in [0.1, 0.15) is 11.4 Å². The molecule has 5 rings (SSSR count). The molecule has 1 unspecified atom stereocenters. The van der Waals surface area contributed by atoms with E-state index in [1.165, 1.54) is 28.1 Å². The van der Waals surface area contributed by atoms with Crippen LogP contribution < -0.4 is 9.47 Å². The van der Waals surface area contributed by atoms with Crippen molar-refractivity contribution in [3.63, 3.8) is 0 Å². The lowest BCUT2D eigenvalue weighted by atomic mass is 10.1. The lowest BCUT2D eigenvalue weighted by Crippen LogP contribution is -2.56. The first-order chi connectivity index (χ1) is 16.2. The van der Waals surface area contributed by atoms with E-state index < -0.39 is 6.04 Å². The number of benzene rings is 1. The second-order valence-electron chi connectivity index (χ2n) is 9.36. The zero-order valence-corrected chi connectivity index (χ0v) is 21.1. The molecule has 10 heteroatoms. The third-order valence-corrected chi connectivity index (χ3v) is 7.71. The number of aliphatic imine (C=N–C) groups is 1. The van der Waals surface area contributed by atoms with E-state index in [4.69, 9.17) is 16.6 Å². The highest BCUT2D eigenvalue weighted by atomic mass is 35.5. The predicted octanol–water partition coefficient (Wildman–Crippen LogP) is 2.28. The molecule has 0 radical (unpaired) electrons. The van der Waals surface area contributed by atoms with Crippen molar-refractivity contribution in [3.05, 3.63) is 40.2 Å². The summed E-state index contributed by atoms with van der Waals surface area (Å²) in [5.41, 5.74) is 4.56. The number of anilines is 1. The Morgan fingerprint density at radius 3 is 2.47 bits per heavy atom. The van der Waals surface area contributed by atoms with Crippen LogP contribution >= 0.6 is 11.6 Å². The van der Waals surface area contributed by atoms with Gasteiger partial charge in [0.05, 0.1) is 6.54 Å². The first kappa shape index (κ1) is 22.9. The van der Waals surface area contributed by atoms with E-state index in [0.29, 0.717) is 5.84 Å². The summed E-state index contributed by atoms with van der Waals surface area (Å²) in [7, 11) is 3.21. The molecule has 0 saturated carbocycles. The summed E-state index contributed by atoms with van der Waals surface area (Å²) in [5, 5.41) is 0.770. The number of aromatic nitrogens is 2. The van der Waals surface area contributed by atoms with Gasteiger partial charge >= 0.3 is 12.0 Å². The summed E-state index contributed by atoms with van der Waals surface area (Å²) < 4.78 is 4.16. The number of fused-ring (bicyclic) bond motifs is 3. The lowest BCUT2D eigenvalue weighted by molar-refractivity contribution is -0.688. The van der Waals surface area contributed by atoms with Crippen LogP contribution in [0.3, 0.4) is 0 Å². The molecular weight excluding hydrogens is 454 g/mol. The monoisotopic (exact) mass is 484 g/mol. The predicted molar refractivity (Wildman–Crippen MR) is 131 cm³/mol. The molecule has 1 aromatic heterocycles. The maximum absolute atomic E-state index is 12.9. The molecule has 9 nitrogen and oxygen atoms in total. The fraction of sp³-hybridized carbons (Fsp3) is 0.500. The SMILES string of the molecule is Cc1ccc(Cl)cc1N1CCN(CC[n+]2c(C)c(C)n3c2N=C2C3C(=O)N(C)C(=O)N2C)CC1. The number of carbonyl (C=O) groups is 2. The van der Waals surface area contributed by atoms with Gasteiger partial charge in [0.2, 0.25) is 11.9 Å². The van der Waals surface area contributed by atoms with Crippen molar-refractivity contribution in [1.82, 2.24) is 19.3 Å². The molecular formula is C24H31ClN7O2+. The summed E-state index contributed by atoms with van der Waals surface area (Å²) in [6.07, 6.45) is 0. The average molecular weight is 485 g/mol. The number of hydrogen-bond donors (Lipinski definition) is 0. The first-order valence-electron chi connectivity index (χ1n) is 11.7. The van der Waals surface area contributed by atoms with Gasteiger partial charge in [-0.15, -0.1) is 0 Å². The fourth-order valence-electron chi connectivity index (χ4n) is 5.23. The molecule has 180 valence electrons. The number of piperazine rings is 1. The van der Waals surface area contributed by atoms with Crippen LogP contribution in [-0.4, -0.2) is 83.9 Å². The van der Waals surface area contributed by atoms with Crippen molar-refractivity contribution in [1.29, 1.82) is 0 Å². The van der Waals surface area contributed by atoms with E-state index in [1.807, 2.05) is 17.6 Å². The molecule has 1 aromatic carbocycles. The molecule has 0 N–H and O–H groups in total. The number of aryl methyl sites for hydroxylation is 1. The van der Waals surface area contributed by atoms with Crippen molar-refractivity contribution >= 4 is 41.0 Å². The van der Waals surface area contributed by atoms with Crippen LogP contribution in [0.25, 0.3) is 0 Å². The van der Waals surface area contributed by atoms with Crippen LogP contribution in [0.15, 0.2) is 23.2 Å². The lowest BCUT2D eigenvalue weighted by Gasteiger charge is -2.36. The van der Waals surface area contributed by atoms with E-state index in [9.17, 15) is 9.59 Å². The maximum atomic E-state index is 12.9. The highest BCUT2D eigenvalue weighted by molar-refractivity contribution is 6.30. The highest BCUT2D eigenvalue weighted by Gasteiger charge is 2.53. The molecule has 34 heavy (non-hydrogen) atoms. The van der Waals surface area contributed by atoms with Crippen LogP contribution in [0, 0.1) is 20.8 Å². The molecule has 3 aliphatic rings. The van der Waals surface area contributed by atoms with E-state index in [2.05, 4.69) is 40.3 Å². The third-order valence-electron chi connectivity index (χ3n) is 7.47. The van der Waals surface area contributed by atoms with Crippen molar-refractivity contribution in [2.45, 2.75) is 33.4 Å². The number of likely N-dealkylation sites (N-methyl/N-ethyl adjacent to an activating group) is 2. The largest absolute Gasteiger partial charge is 0.402 e. The summed E-state index contributed by atoms with van der Waals surface area (Å²) in [6, 6.07) is 5.14. The number of amidine groups is 1. The number of halogens is 1. The number of urea groups is 1. The van der Waals surface area contributed by atoms with E-state index in [-0.39, 0.29) is 11.9 Å². The zero-order chi connectivity index (χ0) is 24.3. The van der Waals surface area contributed by atoms with Gasteiger partial charge in [-0.25, -0.2) is 13.9 Å². The Morgan fingerprint density at radius 2 is 1.76 bits per heavy atom.